The first-order valence-electron chi connectivity index (χ1n) is 8.88. The predicted octanol–water partition coefficient (Wildman–Crippen LogP) is -0.227. The van der Waals surface area contributed by atoms with Crippen LogP contribution in [0.2, 0.25) is 0 Å². The second-order valence-electron chi connectivity index (χ2n) is 7.16. The molecule has 3 aromatic rings. The van der Waals surface area contributed by atoms with Gasteiger partial charge in [-0.3, -0.25) is 9.25 Å². The van der Waals surface area contributed by atoms with Crippen LogP contribution in [0.1, 0.15) is 25.4 Å². The quantitative estimate of drug-likeness (QED) is 0.640. The van der Waals surface area contributed by atoms with E-state index in [2.05, 4.69) is 25.0 Å². The van der Waals surface area contributed by atoms with Crippen molar-refractivity contribution >= 4 is 22.9 Å². The molecular weight excluding hydrogens is 350 g/mol. The first kappa shape index (κ1) is 16.4. The maximum Gasteiger partial charge on any atom is 0.245 e. The minimum atomic E-state index is -0.697. The third-order valence-corrected chi connectivity index (χ3v) is 5.79. The van der Waals surface area contributed by atoms with Crippen LogP contribution < -0.4 is 10.6 Å². The Morgan fingerprint density at radius 2 is 2.19 bits per heavy atom. The highest BCUT2D eigenvalue weighted by Crippen LogP contribution is 2.49. The fraction of sp³-hybridized carbons (Fsp3) is 0.562. The van der Waals surface area contributed by atoms with E-state index in [9.17, 15) is 5.11 Å². The zero-order valence-electron chi connectivity index (χ0n) is 15.3. The minimum absolute atomic E-state index is 0.312. The molecule has 0 radical (unpaired) electrons. The van der Waals surface area contributed by atoms with E-state index in [0.717, 1.165) is 5.82 Å². The third-order valence-electron chi connectivity index (χ3n) is 5.79. The van der Waals surface area contributed by atoms with Gasteiger partial charge in [0, 0.05) is 7.05 Å². The molecule has 11 heteroatoms. The van der Waals surface area contributed by atoms with E-state index in [4.69, 9.17) is 10.5 Å². The van der Waals surface area contributed by atoms with Gasteiger partial charge >= 0.3 is 0 Å². The number of nitrogens with two attached hydrogens (primary N) is 1. The monoisotopic (exact) mass is 371 g/mol. The Kier molecular flexibility index (Phi) is 3.25. The normalized spacial score (nSPS) is 29.9. The Balaban J connectivity index is 1.62. The SMILES string of the molecule is CC[C@@]12CN(c3nc(C)n(C)n3)[C@@H]([C@H](n3cnc4c(N)ncnc43)O1)[C@@H]2O. The van der Waals surface area contributed by atoms with E-state index in [1.54, 1.807) is 15.6 Å². The summed E-state index contributed by atoms with van der Waals surface area (Å²) in [6.07, 6.45) is 2.52. The number of rotatable bonds is 3. The number of aromatic nitrogens is 7. The molecule has 2 bridgehead atoms. The summed E-state index contributed by atoms with van der Waals surface area (Å²) in [5.74, 6) is 1.70. The van der Waals surface area contributed by atoms with Gasteiger partial charge in [-0.2, -0.15) is 4.98 Å². The molecule has 3 N–H and O–H groups in total. The van der Waals surface area contributed by atoms with Gasteiger partial charge in [-0.05, 0) is 13.3 Å². The highest BCUT2D eigenvalue weighted by Gasteiger charge is 2.64. The number of imidazole rings is 1. The Morgan fingerprint density at radius 3 is 2.85 bits per heavy atom. The summed E-state index contributed by atoms with van der Waals surface area (Å²) in [7, 11) is 1.85. The molecule has 5 heterocycles. The maximum absolute atomic E-state index is 11.1. The van der Waals surface area contributed by atoms with E-state index in [1.165, 1.54) is 6.33 Å². The number of nitrogens with zero attached hydrogens (tertiary/aromatic N) is 8. The van der Waals surface area contributed by atoms with Gasteiger partial charge < -0.3 is 20.5 Å². The van der Waals surface area contributed by atoms with Gasteiger partial charge in [0.25, 0.3) is 0 Å². The second kappa shape index (κ2) is 5.36. The molecule has 0 spiro atoms. The van der Waals surface area contributed by atoms with Crippen molar-refractivity contribution < 1.29 is 9.84 Å². The van der Waals surface area contributed by atoms with Crippen molar-refractivity contribution in [2.45, 2.75) is 44.2 Å². The average Bonchev–Trinajstić information content (AvgIpc) is 3.37. The fourth-order valence-corrected chi connectivity index (χ4v) is 4.15. The van der Waals surface area contributed by atoms with Gasteiger partial charge in [0.05, 0.1) is 12.9 Å². The molecule has 0 unspecified atom stereocenters. The Labute approximate surface area is 154 Å². The Hall–Kier alpha value is -2.79. The van der Waals surface area contributed by atoms with Crippen LogP contribution in [0, 0.1) is 6.92 Å². The first-order valence-corrected chi connectivity index (χ1v) is 8.88. The van der Waals surface area contributed by atoms with Crippen molar-refractivity contribution in [3.8, 4) is 0 Å². The summed E-state index contributed by atoms with van der Waals surface area (Å²) in [6, 6.07) is -0.361. The number of aryl methyl sites for hydroxylation is 2. The molecule has 2 aliphatic heterocycles. The standard InChI is InChI=1S/C16H21N9O2/c1-4-16-5-24(15-21-8(2)23(3)22-15)10(11(16)26)14(27-16)25-7-20-9-12(17)18-6-19-13(9)25/h6-7,10-11,14,26H,4-5H2,1-3H3,(H2,17,18,19)/t10-,11+,14-,16+/m1/s1. The maximum atomic E-state index is 11.1. The molecule has 142 valence electrons. The van der Waals surface area contributed by atoms with Crippen LogP contribution in [0.4, 0.5) is 11.8 Å². The average molecular weight is 371 g/mol. The molecule has 2 aliphatic rings. The van der Waals surface area contributed by atoms with Gasteiger partial charge in [0.2, 0.25) is 5.95 Å². The van der Waals surface area contributed by atoms with Crippen molar-refractivity contribution in [1.82, 2.24) is 34.3 Å². The van der Waals surface area contributed by atoms with E-state index in [-0.39, 0.29) is 6.04 Å². The first-order chi connectivity index (χ1) is 12.9. The Morgan fingerprint density at radius 1 is 1.37 bits per heavy atom. The van der Waals surface area contributed by atoms with Gasteiger partial charge in [-0.25, -0.2) is 15.0 Å². The highest BCUT2D eigenvalue weighted by molar-refractivity contribution is 5.81. The summed E-state index contributed by atoms with van der Waals surface area (Å²) < 4.78 is 9.89. The van der Waals surface area contributed by atoms with Crippen molar-refractivity contribution in [1.29, 1.82) is 0 Å². The van der Waals surface area contributed by atoms with E-state index >= 15 is 0 Å². The molecule has 2 saturated heterocycles. The number of hydrogen-bond acceptors (Lipinski definition) is 9. The largest absolute Gasteiger partial charge is 0.388 e. The van der Waals surface area contributed by atoms with Gasteiger partial charge in [-0.1, -0.05) is 6.92 Å². The highest BCUT2D eigenvalue weighted by atomic mass is 16.6. The molecular formula is C16H21N9O2. The molecule has 0 saturated carbocycles. The van der Waals surface area contributed by atoms with Crippen molar-refractivity contribution in [2.75, 3.05) is 17.2 Å². The van der Waals surface area contributed by atoms with Crippen LogP contribution in [-0.4, -0.2) is 63.7 Å². The lowest BCUT2D eigenvalue weighted by Gasteiger charge is -2.36. The molecule has 2 fully saturated rings. The number of aliphatic hydroxyl groups excluding tert-OH is 1. The molecule has 0 amide bonds. The topological polar surface area (TPSA) is 133 Å². The van der Waals surface area contributed by atoms with Crippen LogP contribution in [0.5, 0.6) is 0 Å². The molecule has 0 aliphatic carbocycles. The second-order valence-corrected chi connectivity index (χ2v) is 7.16. The Bertz CT molecular complexity index is 1010. The van der Waals surface area contributed by atoms with E-state index < -0.39 is 17.9 Å². The van der Waals surface area contributed by atoms with Crippen LogP contribution in [-0.2, 0) is 11.8 Å². The summed E-state index contributed by atoms with van der Waals surface area (Å²) in [4.78, 5) is 19.2. The molecule has 3 aromatic heterocycles. The van der Waals surface area contributed by atoms with Crippen LogP contribution in [0.3, 0.4) is 0 Å². The number of nitrogen functional groups attached to an aromatic ring is 1. The molecule has 11 nitrogen and oxygen atoms in total. The number of ether oxygens (including phenoxy) is 1. The lowest BCUT2D eigenvalue weighted by molar-refractivity contribution is -0.104. The van der Waals surface area contributed by atoms with Gasteiger partial charge in [0.15, 0.2) is 17.7 Å². The predicted molar refractivity (Wildman–Crippen MR) is 95.8 cm³/mol. The molecule has 5 rings (SSSR count). The van der Waals surface area contributed by atoms with E-state index in [0.29, 0.717) is 35.9 Å². The number of anilines is 2. The van der Waals surface area contributed by atoms with Crippen molar-refractivity contribution in [2.24, 2.45) is 7.05 Å². The van der Waals surface area contributed by atoms with Crippen LogP contribution in [0.25, 0.3) is 11.2 Å². The summed E-state index contributed by atoms with van der Waals surface area (Å²) in [5.41, 5.74) is 6.30. The van der Waals surface area contributed by atoms with E-state index in [1.807, 2.05) is 25.8 Å². The van der Waals surface area contributed by atoms with Gasteiger partial charge in [0.1, 0.15) is 35.4 Å². The number of aliphatic hydroxyl groups is 1. The number of morpholine rings is 1. The number of hydrogen-bond donors (Lipinski definition) is 2. The zero-order chi connectivity index (χ0) is 18.9. The summed E-state index contributed by atoms with van der Waals surface area (Å²) >= 11 is 0. The fourth-order valence-electron chi connectivity index (χ4n) is 4.15. The molecule has 27 heavy (non-hydrogen) atoms. The van der Waals surface area contributed by atoms with Crippen molar-refractivity contribution in [3.63, 3.8) is 0 Å². The lowest BCUT2D eigenvalue weighted by Crippen LogP contribution is -2.46. The molecule has 0 aromatic carbocycles. The minimum Gasteiger partial charge on any atom is -0.388 e. The summed E-state index contributed by atoms with van der Waals surface area (Å²) in [6.45, 7) is 4.43. The molecule has 4 atom stereocenters. The third kappa shape index (κ3) is 2.06. The zero-order valence-corrected chi connectivity index (χ0v) is 15.3. The van der Waals surface area contributed by atoms with Crippen LogP contribution in [0.15, 0.2) is 12.7 Å². The smallest absolute Gasteiger partial charge is 0.245 e. The van der Waals surface area contributed by atoms with Gasteiger partial charge in [-0.15, -0.1) is 5.10 Å². The lowest BCUT2D eigenvalue weighted by atomic mass is 9.96. The van der Waals surface area contributed by atoms with Crippen LogP contribution >= 0.6 is 0 Å². The summed E-state index contributed by atoms with van der Waals surface area (Å²) in [5, 5.41) is 15.6. The van der Waals surface area contributed by atoms with Crippen molar-refractivity contribution in [3.05, 3.63) is 18.5 Å². The number of fused-ring (bicyclic) bond motifs is 3.